The Morgan fingerprint density at radius 1 is 1.29 bits per heavy atom. The van der Waals surface area contributed by atoms with Crippen molar-refractivity contribution in [1.29, 1.82) is 0 Å². The molecule has 0 aliphatic heterocycles. The molecule has 0 bridgehead atoms. The zero-order chi connectivity index (χ0) is 10.8. The number of rotatable bonds is 2. The fourth-order valence-electron chi connectivity index (χ4n) is 0.868. The first kappa shape index (κ1) is 11.0. The molecule has 6 heteroatoms. The number of carbonyl (C=O) groups excluding carboxylic acids is 1. The van der Waals surface area contributed by atoms with Crippen LogP contribution in [0.5, 0.6) is 5.75 Å². The predicted molar refractivity (Wildman–Crippen MR) is 52.1 cm³/mol. The van der Waals surface area contributed by atoms with E-state index in [1.165, 1.54) is 31.4 Å². The van der Waals surface area contributed by atoms with Gasteiger partial charge in [-0.3, -0.25) is 4.79 Å². The minimum absolute atomic E-state index is 0.0146. The van der Waals surface area contributed by atoms with E-state index in [2.05, 4.69) is 0 Å². The molecule has 1 aromatic carbocycles. The first-order valence-electron chi connectivity index (χ1n) is 3.58. The Bertz CT molecular complexity index is 435. The van der Waals surface area contributed by atoms with E-state index in [1.807, 2.05) is 0 Å². The quantitative estimate of drug-likeness (QED) is 0.726. The van der Waals surface area contributed by atoms with E-state index in [9.17, 15) is 13.2 Å². The van der Waals surface area contributed by atoms with Crippen LogP contribution in [-0.2, 0) is 9.05 Å². The molecular formula is C8H7ClO4S. The average molecular weight is 235 g/mol. The van der Waals surface area contributed by atoms with Gasteiger partial charge in [0.2, 0.25) is 0 Å². The molecule has 1 aromatic rings. The monoisotopic (exact) mass is 234 g/mol. The Kier molecular flexibility index (Phi) is 3.13. The molecule has 0 N–H and O–H groups in total. The average Bonchev–Trinajstić information content (AvgIpc) is 2.15. The van der Waals surface area contributed by atoms with Gasteiger partial charge in [-0.25, -0.2) is 8.42 Å². The minimum atomic E-state index is -4.18. The molecular weight excluding hydrogens is 228 g/mol. The molecule has 14 heavy (non-hydrogen) atoms. The molecule has 0 heterocycles. The largest absolute Gasteiger partial charge is 0.497 e. The number of hydrogen-bond donors (Lipinski definition) is 0. The highest BCUT2D eigenvalue weighted by Crippen LogP contribution is 2.14. The number of ether oxygens (including phenoxy) is 1. The summed E-state index contributed by atoms with van der Waals surface area (Å²) in [5.41, 5.74) is 0.0146. The van der Waals surface area contributed by atoms with Gasteiger partial charge in [-0.1, -0.05) is 0 Å². The number of carbonyl (C=O) groups is 1. The summed E-state index contributed by atoms with van der Waals surface area (Å²) in [6.45, 7) is 0. The van der Waals surface area contributed by atoms with Gasteiger partial charge in [0, 0.05) is 16.2 Å². The summed E-state index contributed by atoms with van der Waals surface area (Å²) in [7, 11) is 2.17. The highest BCUT2D eigenvalue weighted by molar-refractivity contribution is 8.25. The maximum absolute atomic E-state index is 11.1. The smallest absolute Gasteiger partial charge is 0.299 e. The van der Waals surface area contributed by atoms with Crippen molar-refractivity contribution in [1.82, 2.24) is 0 Å². The number of hydrogen-bond acceptors (Lipinski definition) is 4. The second kappa shape index (κ2) is 3.98. The summed E-state index contributed by atoms with van der Waals surface area (Å²) in [6.07, 6.45) is 0. The molecule has 0 amide bonds. The van der Waals surface area contributed by atoms with Crippen molar-refractivity contribution in [2.75, 3.05) is 7.11 Å². The molecule has 0 saturated heterocycles. The van der Waals surface area contributed by atoms with Gasteiger partial charge in [-0.05, 0) is 24.3 Å². The van der Waals surface area contributed by atoms with Gasteiger partial charge < -0.3 is 4.74 Å². The standard InChI is InChI=1S/C8H7ClO4S/c1-13-7-4-2-6(3-5-7)8(10)14(9,11)12/h2-5H,1H3. The second-order valence-corrected chi connectivity index (χ2v) is 4.92. The summed E-state index contributed by atoms with van der Waals surface area (Å²) in [5.74, 6) is 0.536. The Morgan fingerprint density at radius 3 is 2.14 bits per heavy atom. The first-order chi connectivity index (χ1) is 6.45. The third-order valence-corrected chi connectivity index (χ3v) is 2.65. The summed E-state index contributed by atoms with van der Waals surface area (Å²) < 4.78 is 26.2. The zero-order valence-electron chi connectivity index (χ0n) is 7.23. The third-order valence-electron chi connectivity index (χ3n) is 1.55. The van der Waals surface area contributed by atoms with Crippen LogP contribution in [-0.4, -0.2) is 20.6 Å². The predicted octanol–water partition coefficient (Wildman–Crippen LogP) is 1.40. The van der Waals surface area contributed by atoms with Crippen LogP contribution in [0, 0.1) is 0 Å². The Morgan fingerprint density at radius 2 is 1.79 bits per heavy atom. The Labute approximate surface area is 85.9 Å². The molecule has 76 valence electrons. The van der Waals surface area contributed by atoms with Crippen molar-refractivity contribution < 1.29 is 17.9 Å². The summed E-state index contributed by atoms with van der Waals surface area (Å²) >= 11 is 0. The molecule has 4 nitrogen and oxygen atoms in total. The van der Waals surface area contributed by atoms with Crippen molar-refractivity contribution in [3.05, 3.63) is 29.8 Å². The lowest BCUT2D eigenvalue weighted by molar-refractivity contribution is 0.107. The van der Waals surface area contributed by atoms with Gasteiger partial charge in [0.1, 0.15) is 5.75 Å². The number of benzene rings is 1. The van der Waals surface area contributed by atoms with E-state index in [0.717, 1.165) is 0 Å². The SMILES string of the molecule is COc1ccc(C(=O)S(=O)(=O)Cl)cc1. The van der Waals surface area contributed by atoms with Crippen LogP contribution in [0.1, 0.15) is 10.4 Å². The molecule has 0 aromatic heterocycles. The molecule has 0 saturated carbocycles. The first-order valence-corrected chi connectivity index (χ1v) is 5.89. The van der Waals surface area contributed by atoms with Crippen molar-refractivity contribution in [2.45, 2.75) is 0 Å². The molecule has 0 aliphatic rings. The maximum Gasteiger partial charge on any atom is 0.299 e. The lowest BCUT2D eigenvalue weighted by Crippen LogP contribution is -2.07. The van der Waals surface area contributed by atoms with Gasteiger partial charge in [-0.15, -0.1) is 0 Å². The lowest BCUT2D eigenvalue weighted by atomic mass is 10.2. The molecule has 0 radical (unpaired) electrons. The highest BCUT2D eigenvalue weighted by Gasteiger charge is 2.20. The van der Waals surface area contributed by atoms with Crippen LogP contribution in [0.3, 0.4) is 0 Å². The topological polar surface area (TPSA) is 60.4 Å². The third kappa shape index (κ3) is 2.46. The lowest BCUT2D eigenvalue weighted by Gasteiger charge is -2.00. The minimum Gasteiger partial charge on any atom is -0.497 e. The molecule has 0 spiro atoms. The van der Waals surface area contributed by atoms with Crippen LogP contribution >= 0.6 is 10.7 Å². The Hall–Kier alpha value is -1.07. The van der Waals surface area contributed by atoms with Gasteiger partial charge in [0.25, 0.3) is 14.2 Å². The molecule has 0 fully saturated rings. The molecule has 1 rings (SSSR count). The van der Waals surface area contributed by atoms with Gasteiger partial charge >= 0.3 is 0 Å². The second-order valence-electron chi connectivity index (χ2n) is 2.45. The van der Waals surface area contributed by atoms with Crippen LogP contribution in [0.4, 0.5) is 0 Å². The van der Waals surface area contributed by atoms with Crippen molar-refractivity contribution in [3.8, 4) is 5.75 Å². The number of methoxy groups -OCH3 is 1. The molecule has 0 aliphatic carbocycles. The van der Waals surface area contributed by atoms with E-state index >= 15 is 0 Å². The normalized spacial score (nSPS) is 11.0. The van der Waals surface area contributed by atoms with Crippen LogP contribution in [0.15, 0.2) is 24.3 Å². The van der Waals surface area contributed by atoms with E-state index < -0.39 is 14.2 Å². The van der Waals surface area contributed by atoms with Crippen LogP contribution in [0.2, 0.25) is 0 Å². The summed E-state index contributed by atoms with van der Waals surface area (Å²) in [6, 6.07) is 5.63. The van der Waals surface area contributed by atoms with Gasteiger partial charge in [0.05, 0.1) is 7.11 Å². The van der Waals surface area contributed by atoms with Crippen LogP contribution < -0.4 is 4.74 Å². The molecule has 0 atom stereocenters. The van der Waals surface area contributed by atoms with Crippen molar-refractivity contribution in [2.24, 2.45) is 0 Å². The maximum atomic E-state index is 11.1. The number of halogens is 1. The fraction of sp³-hybridized carbons (Fsp3) is 0.125. The van der Waals surface area contributed by atoms with Crippen molar-refractivity contribution in [3.63, 3.8) is 0 Å². The Balaban J connectivity index is 3.05. The van der Waals surface area contributed by atoms with Gasteiger partial charge in [0.15, 0.2) is 0 Å². The van der Waals surface area contributed by atoms with E-state index in [-0.39, 0.29) is 5.56 Å². The summed E-state index contributed by atoms with van der Waals surface area (Å²) in [5, 5.41) is -1.11. The highest BCUT2D eigenvalue weighted by atomic mass is 35.7. The van der Waals surface area contributed by atoms with Crippen molar-refractivity contribution >= 4 is 24.8 Å². The van der Waals surface area contributed by atoms with Gasteiger partial charge in [-0.2, -0.15) is 0 Å². The van der Waals surface area contributed by atoms with E-state index in [0.29, 0.717) is 5.75 Å². The van der Waals surface area contributed by atoms with E-state index in [4.69, 9.17) is 15.4 Å². The van der Waals surface area contributed by atoms with Crippen LogP contribution in [0.25, 0.3) is 0 Å². The summed E-state index contributed by atoms with van der Waals surface area (Å²) in [4.78, 5) is 11.1. The fourth-order valence-corrected chi connectivity index (χ4v) is 1.55. The molecule has 0 unspecified atom stereocenters. The van der Waals surface area contributed by atoms with E-state index in [1.54, 1.807) is 0 Å². The zero-order valence-corrected chi connectivity index (χ0v) is 8.80.